The third kappa shape index (κ3) is 6.12. The van der Waals surface area contributed by atoms with Gasteiger partial charge in [-0.15, -0.1) is 0 Å². The van der Waals surface area contributed by atoms with Crippen molar-refractivity contribution >= 4 is 18.0 Å². The summed E-state index contributed by atoms with van der Waals surface area (Å²) in [6.07, 6.45) is -0.0176. The number of carboxylic acids is 1. The van der Waals surface area contributed by atoms with Crippen molar-refractivity contribution in [2.24, 2.45) is 0 Å². The smallest absolute Gasteiger partial charge is 0.407 e. The first kappa shape index (κ1) is 26.4. The van der Waals surface area contributed by atoms with Crippen LogP contribution < -0.4 is 5.32 Å². The Morgan fingerprint density at radius 2 is 1.51 bits per heavy atom. The van der Waals surface area contributed by atoms with E-state index >= 15 is 0 Å². The third-order valence-corrected chi connectivity index (χ3v) is 7.28. The number of carbonyl (C=O) groups excluding carboxylic acids is 2. The van der Waals surface area contributed by atoms with E-state index in [9.17, 15) is 19.5 Å². The first-order valence-electron chi connectivity index (χ1n) is 13.2. The van der Waals surface area contributed by atoms with Crippen LogP contribution >= 0.6 is 0 Å². The summed E-state index contributed by atoms with van der Waals surface area (Å²) >= 11 is 0. The number of alkyl carbamates (subject to hydrolysis) is 1. The lowest BCUT2D eigenvalue weighted by Gasteiger charge is -2.30. The fourth-order valence-electron chi connectivity index (χ4n) is 5.14. The average molecular weight is 529 g/mol. The van der Waals surface area contributed by atoms with Crippen molar-refractivity contribution in [1.82, 2.24) is 10.2 Å². The minimum Gasteiger partial charge on any atom is -0.480 e. The lowest BCUT2D eigenvalue weighted by atomic mass is 9.98. The Hall–Kier alpha value is -4.17. The summed E-state index contributed by atoms with van der Waals surface area (Å²) in [5.41, 5.74) is 5.32. The maximum atomic E-state index is 13.5. The van der Waals surface area contributed by atoms with Crippen LogP contribution in [-0.4, -0.2) is 59.3 Å². The topological polar surface area (TPSA) is 105 Å². The van der Waals surface area contributed by atoms with Gasteiger partial charge in [-0.25, -0.2) is 4.79 Å². The maximum absolute atomic E-state index is 13.5. The standard InChI is InChI=1S/C31H32N2O6/c1-20(38-18-21-9-3-2-4-10-21)29(30(36)33(17-28(34)35)22-15-16-22)32-31(37)39-19-27-25-13-7-5-11-23(25)24-12-6-8-14-26(24)27/h2-14,20,22,27,29H,15-19H2,1H3,(H,32,37)(H,34,35). The molecule has 2 aliphatic carbocycles. The van der Waals surface area contributed by atoms with Gasteiger partial charge in [0.05, 0.1) is 12.7 Å². The second-order valence-electron chi connectivity index (χ2n) is 10.0. The second-order valence-corrected chi connectivity index (χ2v) is 10.0. The number of rotatable bonds is 11. The van der Waals surface area contributed by atoms with E-state index in [0.717, 1.165) is 40.7 Å². The Labute approximate surface area is 227 Å². The van der Waals surface area contributed by atoms with Crippen LogP contribution in [0, 0.1) is 0 Å². The molecular weight excluding hydrogens is 496 g/mol. The second kappa shape index (κ2) is 11.7. The first-order chi connectivity index (χ1) is 18.9. The van der Waals surface area contributed by atoms with Crippen LogP contribution in [0.4, 0.5) is 4.79 Å². The molecule has 2 N–H and O–H groups in total. The molecule has 0 bridgehead atoms. The molecule has 0 radical (unpaired) electrons. The van der Waals surface area contributed by atoms with Gasteiger partial charge in [-0.05, 0) is 47.6 Å². The number of amides is 2. The lowest BCUT2D eigenvalue weighted by Crippen LogP contribution is -2.55. The largest absolute Gasteiger partial charge is 0.480 e. The molecule has 3 aromatic carbocycles. The van der Waals surface area contributed by atoms with Crippen molar-refractivity contribution in [2.75, 3.05) is 13.2 Å². The van der Waals surface area contributed by atoms with Crippen molar-refractivity contribution in [3.63, 3.8) is 0 Å². The third-order valence-electron chi connectivity index (χ3n) is 7.28. The van der Waals surface area contributed by atoms with E-state index in [0.29, 0.717) is 0 Å². The number of aliphatic carboxylic acids is 1. The number of fused-ring (bicyclic) bond motifs is 3. The lowest BCUT2D eigenvalue weighted by molar-refractivity contribution is -0.147. The van der Waals surface area contributed by atoms with Crippen LogP contribution in [0.1, 0.15) is 42.4 Å². The molecule has 3 aromatic rings. The maximum Gasteiger partial charge on any atom is 0.407 e. The molecule has 2 unspecified atom stereocenters. The quantitative estimate of drug-likeness (QED) is 0.378. The van der Waals surface area contributed by atoms with Gasteiger partial charge in [0.15, 0.2) is 0 Å². The number of nitrogens with zero attached hydrogens (tertiary/aromatic N) is 1. The molecule has 5 rings (SSSR count). The van der Waals surface area contributed by atoms with E-state index in [1.807, 2.05) is 66.7 Å². The molecule has 8 heteroatoms. The number of benzene rings is 3. The van der Waals surface area contributed by atoms with Gasteiger partial charge in [0.25, 0.3) is 0 Å². The van der Waals surface area contributed by atoms with Gasteiger partial charge in [0.2, 0.25) is 5.91 Å². The summed E-state index contributed by atoms with van der Waals surface area (Å²) in [4.78, 5) is 39.4. The molecule has 1 fully saturated rings. The van der Waals surface area contributed by atoms with Crippen LogP contribution in [0.5, 0.6) is 0 Å². The first-order valence-corrected chi connectivity index (χ1v) is 13.2. The minimum absolute atomic E-state index is 0.0987. The van der Waals surface area contributed by atoms with E-state index in [1.54, 1.807) is 6.92 Å². The Bertz CT molecular complexity index is 1290. The van der Waals surface area contributed by atoms with Crippen molar-refractivity contribution in [3.8, 4) is 11.1 Å². The van der Waals surface area contributed by atoms with Gasteiger partial charge in [0, 0.05) is 12.0 Å². The van der Waals surface area contributed by atoms with Crippen molar-refractivity contribution in [1.29, 1.82) is 0 Å². The Balaban J connectivity index is 1.29. The van der Waals surface area contributed by atoms with Gasteiger partial charge < -0.3 is 24.8 Å². The zero-order chi connectivity index (χ0) is 27.4. The number of ether oxygens (including phenoxy) is 2. The summed E-state index contributed by atoms with van der Waals surface area (Å²) in [5, 5.41) is 12.1. The molecule has 0 aromatic heterocycles. The Kier molecular flexibility index (Phi) is 7.93. The van der Waals surface area contributed by atoms with Crippen LogP contribution in [-0.2, 0) is 25.7 Å². The molecule has 0 saturated heterocycles. The molecule has 39 heavy (non-hydrogen) atoms. The Morgan fingerprint density at radius 1 is 0.923 bits per heavy atom. The van der Waals surface area contributed by atoms with Gasteiger partial charge in [-0.1, -0.05) is 78.9 Å². The summed E-state index contributed by atoms with van der Waals surface area (Å²) in [6, 6.07) is 24.3. The highest BCUT2D eigenvalue weighted by Gasteiger charge is 2.40. The van der Waals surface area contributed by atoms with E-state index in [1.165, 1.54) is 4.90 Å². The van der Waals surface area contributed by atoms with Crippen molar-refractivity contribution in [3.05, 3.63) is 95.6 Å². The van der Waals surface area contributed by atoms with E-state index < -0.39 is 36.7 Å². The highest BCUT2D eigenvalue weighted by atomic mass is 16.5. The molecule has 0 spiro atoms. The Morgan fingerprint density at radius 3 is 2.10 bits per heavy atom. The zero-order valence-corrected chi connectivity index (χ0v) is 21.8. The predicted octanol–water partition coefficient (Wildman–Crippen LogP) is 4.57. The van der Waals surface area contributed by atoms with Gasteiger partial charge in [-0.2, -0.15) is 0 Å². The van der Waals surface area contributed by atoms with E-state index in [4.69, 9.17) is 9.47 Å². The molecule has 0 aliphatic heterocycles. The summed E-state index contributed by atoms with van der Waals surface area (Å²) < 4.78 is 11.7. The van der Waals surface area contributed by atoms with Gasteiger partial charge in [0.1, 0.15) is 19.2 Å². The summed E-state index contributed by atoms with van der Waals surface area (Å²) in [7, 11) is 0. The molecule has 2 atom stereocenters. The monoisotopic (exact) mass is 528 g/mol. The highest BCUT2D eigenvalue weighted by molar-refractivity contribution is 5.89. The van der Waals surface area contributed by atoms with Gasteiger partial charge >= 0.3 is 12.1 Å². The summed E-state index contributed by atoms with van der Waals surface area (Å²) in [5.74, 6) is -1.72. The van der Waals surface area contributed by atoms with Gasteiger partial charge in [-0.3, -0.25) is 9.59 Å². The molecule has 2 aliphatic rings. The predicted molar refractivity (Wildman–Crippen MR) is 145 cm³/mol. The van der Waals surface area contributed by atoms with Crippen LogP contribution in [0.15, 0.2) is 78.9 Å². The normalized spacial score (nSPS) is 15.5. The minimum atomic E-state index is -1.11. The fraction of sp³-hybridized carbons (Fsp3) is 0.323. The SMILES string of the molecule is CC(OCc1ccccc1)C(NC(=O)OCC1c2ccccc2-c2ccccc21)C(=O)N(CC(=O)O)C1CC1. The number of carbonyl (C=O) groups is 3. The average Bonchev–Trinajstić information content (AvgIpc) is 3.75. The number of nitrogens with one attached hydrogen (secondary N) is 1. The van der Waals surface area contributed by atoms with E-state index in [-0.39, 0.29) is 25.2 Å². The van der Waals surface area contributed by atoms with Crippen LogP contribution in [0.25, 0.3) is 11.1 Å². The number of hydrogen-bond acceptors (Lipinski definition) is 5. The van der Waals surface area contributed by atoms with Crippen molar-refractivity contribution in [2.45, 2.75) is 50.5 Å². The summed E-state index contributed by atoms with van der Waals surface area (Å²) in [6.45, 7) is 1.60. The molecule has 0 heterocycles. The molecule has 2 amide bonds. The molecule has 202 valence electrons. The number of hydrogen-bond donors (Lipinski definition) is 2. The van der Waals surface area contributed by atoms with Crippen LogP contribution in [0.3, 0.4) is 0 Å². The number of carboxylic acid groups (broad SMARTS) is 1. The molecule has 8 nitrogen and oxygen atoms in total. The molecular formula is C31H32N2O6. The van der Waals surface area contributed by atoms with Crippen LogP contribution in [0.2, 0.25) is 0 Å². The van der Waals surface area contributed by atoms with E-state index in [2.05, 4.69) is 17.4 Å². The fourth-order valence-corrected chi connectivity index (χ4v) is 5.14. The zero-order valence-electron chi connectivity index (χ0n) is 21.8. The molecule has 1 saturated carbocycles. The van der Waals surface area contributed by atoms with Crippen molar-refractivity contribution < 1.29 is 29.0 Å². The highest BCUT2D eigenvalue weighted by Crippen LogP contribution is 2.44.